The van der Waals surface area contributed by atoms with Crippen LogP contribution >= 0.6 is 0 Å². The Balaban J connectivity index is 1.49. The summed E-state index contributed by atoms with van der Waals surface area (Å²) in [5.41, 5.74) is 5.27. The summed E-state index contributed by atoms with van der Waals surface area (Å²) in [7, 11) is 0. The summed E-state index contributed by atoms with van der Waals surface area (Å²) < 4.78 is 6.38. The lowest BCUT2D eigenvalue weighted by molar-refractivity contribution is 0.0695. The van der Waals surface area contributed by atoms with Crippen LogP contribution in [0.5, 0.6) is 0 Å². The van der Waals surface area contributed by atoms with E-state index in [0.29, 0.717) is 35.3 Å². The van der Waals surface area contributed by atoms with Crippen LogP contribution < -0.4 is 10.7 Å². The van der Waals surface area contributed by atoms with Gasteiger partial charge in [0.15, 0.2) is 5.43 Å². The monoisotopic (exact) mass is 466 g/mol. The molecule has 0 amide bonds. The maximum Gasteiger partial charge on any atom is 0.335 e. The van der Waals surface area contributed by atoms with E-state index in [1.165, 1.54) is 0 Å². The molecule has 3 aromatic carbocycles. The smallest absolute Gasteiger partial charge is 0.335 e. The molecule has 176 valence electrons. The molecule has 2 aromatic heterocycles. The predicted molar refractivity (Wildman–Crippen MR) is 138 cm³/mol. The van der Waals surface area contributed by atoms with E-state index in [2.05, 4.69) is 10.3 Å². The Morgan fingerprint density at radius 2 is 1.83 bits per heavy atom. The van der Waals surface area contributed by atoms with Gasteiger partial charge in [-0.2, -0.15) is 0 Å². The molecule has 0 radical (unpaired) electrons. The number of carbonyl (C=O) groups is 1. The van der Waals surface area contributed by atoms with Crippen LogP contribution in [0.1, 0.15) is 40.0 Å². The minimum atomic E-state index is -0.926. The van der Waals surface area contributed by atoms with Crippen molar-refractivity contribution in [3.63, 3.8) is 0 Å². The number of fused-ring (bicyclic) bond motifs is 2. The minimum Gasteiger partial charge on any atom is -0.478 e. The fourth-order valence-electron chi connectivity index (χ4n) is 4.64. The number of H-pyrrole nitrogens is 1. The fraction of sp³-hybridized carbons (Fsp3) is 0.172. The van der Waals surface area contributed by atoms with Crippen molar-refractivity contribution in [2.45, 2.75) is 26.3 Å². The Labute approximate surface area is 202 Å². The highest BCUT2D eigenvalue weighted by molar-refractivity contribution is 5.95. The topological polar surface area (TPSA) is 95.3 Å². The molecule has 0 saturated carbocycles. The van der Waals surface area contributed by atoms with Crippen LogP contribution in [0.4, 0.5) is 0 Å². The Bertz CT molecular complexity index is 1610. The fourth-order valence-corrected chi connectivity index (χ4v) is 4.64. The highest BCUT2D eigenvalue weighted by atomic mass is 16.4. The number of hydrogen-bond acceptors (Lipinski definition) is 4. The summed E-state index contributed by atoms with van der Waals surface area (Å²) in [6.45, 7) is 4.56. The lowest BCUT2D eigenvalue weighted by atomic mass is 10.00. The largest absolute Gasteiger partial charge is 0.478 e. The van der Waals surface area contributed by atoms with E-state index in [-0.39, 0.29) is 11.5 Å². The van der Waals surface area contributed by atoms with Gasteiger partial charge in [0, 0.05) is 40.3 Å². The zero-order chi connectivity index (χ0) is 24.5. The lowest BCUT2D eigenvalue weighted by Gasteiger charge is -2.17. The first-order chi connectivity index (χ1) is 16.9. The number of carboxylic acids is 1. The van der Waals surface area contributed by atoms with Gasteiger partial charge in [0.25, 0.3) is 0 Å². The summed E-state index contributed by atoms with van der Waals surface area (Å²) in [6, 6.07) is 20.3. The van der Waals surface area contributed by atoms with E-state index in [0.717, 1.165) is 33.2 Å². The molecule has 6 nitrogen and oxygen atoms in total. The number of nitrogens with one attached hydrogen (secondary N) is 2. The third kappa shape index (κ3) is 4.36. The average Bonchev–Trinajstić information content (AvgIpc) is 3.28. The van der Waals surface area contributed by atoms with Gasteiger partial charge in [-0.3, -0.25) is 4.79 Å². The van der Waals surface area contributed by atoms with Crippen molar-refractivity contribution >= 4 is 27.8 Å². The first-order valence-corrected chi connectivity index (χ1v) is 11.6. The number of aromatic nitrogens is 1. The van der Waals surface area contributed by atoms with Crippen molar-refractivity contribution in [1.82, 2.24) is 10.3 Å². The zero-order valence-corrected chi connectivity index (χ0v) is 19.6. The molecule has 2 heterocycles. The van der Waals surface area contributed by atoms with Gasteiger partial charge in [-0.05, 0) is 56.1 Å². The standard InChI is InChI=1S/C29H26N2O4/c1-17-13-22(18(2)30-12-11-19-7-3-4-8-20(19)29(33)34)28-23(14-17)26(32)15-27(35-28)24-16-31-25-10-6-5-9-21(24)25/h3-10,13-16,18,30-31H,11-12H2,1-2H3,(H,33,34)/t18-/m1/s1. The molecule has 0 bridgehead atoms. The summed E-state index contributed by atoms with van der Waals surface area (Å²) >= 11 is 0. The quantitative estimate of drug-likeness (QED) is 0.280. The molecule has 0 aliphatic rings. The highest BCUT2D eigenvalue weighted by Crippen LogP contribution is 2.32. The van der Waals surface area contributed by atoms with Gasteiger partial charge < -0.3 is 19.8 Å². The highest BCUT2D eigenvalue weighted by Gasteiger charge is 2.18. The van der Waals surface area contributed by atoms with Crippen molar-refractivity contribution in [2.24, 2.45) is 0 Å². The SMILES string of the molecule is Cc1cc([C@@H](C)NCCc2ccccc2C(=O)O)c2oc(-c3c[nH]c4ccccc34)cc(=O)c2c1. The number of aryl methyl sites for hydroxylation is 1. The van der Waals surface area contributed by atoms with Gasteiger partial charge >= 0.3 is 5.97 Å². The van der Waals surface area contributed by atoms with Crippen LogP contribution in [0.25, 0.3) is 33.2 Å². The number of aromatic amines is 1. The third-order valence-corrected chi connectivity index (χ3v) is 6.42. The summed E-state index contributed by atoms with van der Waals surface area (Å²) in [5.74, 6) is -0.405. The molecule has 0 unspecified atom stereocenters. The molecule has 35 heavy (non-hydrogen) atoms. The van der Waals surface area contributed by atoms with Crippen molar-refractivity contribution in [3.05, 3.63) is 105 Å². The summed E-state index contributed by atoms with van der Waals surface area (Å²) in [4.78, 5) is 27.9. The van der Waals surface area contributed by atoms with Gasteiger partial charge in [0.1, 0.15) is 11.3 Å². The Kier molecular flexibility index (Phi) is 5.97. The number of benzene rings is 3. The summed E-state index contributed by atoms with van der Waals surface area (Å²) in [5, 5.41) is 14.4. The summed E-state index contributed by atoms with van der Waals surface area (Å²) in [6.07, 6.45) is 2.44. The number of carboxylic acid groups (broad SMARTS) is 1. The maximum atomic E-state index is 13.1. The molecule has 0 fully saturated rings. The van der Waals surface area contributed by atoms with E-state index < -0.39 is 5.97 Å². The molecule has 6 heteroatoms. The molecular weight excluding hydrogens is 440 g/mol. The minimum absolute atomic E-state index is 0.0842. The molecule has 5 aromatic rings. The van der Waals surface area contributed by atoms with Crippen LogP contribution in [0.3, 0.4) is 0 Å². The third-order valence-electron chi connectivity index (χ3n) is 6.42. The average molecular weight is 467 g/mol. The van der Waals surface area contributed by atoms with E-state index in [4.69, 9.17) is 4.42 Å². The Hall–Kier alpha value is -4.16. The van der Waals surface area contributed by atoms with Crippen LogP contribution in [-0.2, 0) is 6.42 Å². The number of rotatable bonds is 7. The molecule has 0 spiro atoms. The van der Waals surface area contributed by atoms with Gasteiger partial charge in [0.05, 0.1) is 10.9 Å². The molecule has 0 saturated heterocycles. The van der Waals surface area contributed by atoms with Crippen LogP contribution in [0, 0.1) is 6.92 Å². The van der Waals surface area contributed by atoms with E-state index in [9.17, 15) is 14.7 Å². The number of hydrogen-bond donors (Lipinski definition) is 3. The van der Waals surface area contributed by atoms with Gasteiger partial charge in [0.2, 0.25) is 0 Å². The van der Waals surface area contributed by atoms with Gasteiger partial charge in [-0.15, -0.1) is 0 Å². The van der Waals surface area contributed by atoms with Crippen molar-refractivity contribution in [1.29, 1.82) is 0 Å². The van der Waals surface area contributed by atoms with E-state index in [1.807, 2.05) is 68.6 Å². The van der Waals surface area contributed by atoms with E-state index >= 15 is 0 Å². The zero-order valence-electron chi connectivity index (χ0n) is 19.6. The second-order valence-electron chi connectivity index (χ2n) is 8.84. The van der Waals surface area contributed by atoms with Crippen LogP contribution in [0.2, 0.25) is 0 Å². The normalized spacial score (nSPS) is 12.3. The van der Waals surface area contributed by atoms with Crippen molar-refractivity contribution < 1.29 is 14.3 Å². The number of para-hydroxylation sites is 1. The Morgan fingerprint density at radius 3 is 2.66 bits per heavy atom. The van der Waals surface area contributed by atoms with E-state index in [1.54, 1.807) is 18.2 Å². The lowest BCUT2D eigenvalue weighted by Crippen LogP contribution is -2.22. The second kappa shape index (κ2) is 9.24. The molecule has 0 aliphatic heterocycles. The predicted octanol–water partition coefficient (Wildman–Crippen LogP) is 5.84. The Morgan fingerprint density at radius 1 is 1.06 bits per heavy atom. The van der Waals surface area contributed by atoms with Gasteiger partial charge in [-0.1, -0.05) is 42.5 Å². The molecule has 3 N–H and O–H groups in total. The molecule has 5 rings (SSSR count). The van der Waals surface area contributed by atoms with Crippen molar-refractivity contribution in [2.75, 3.05) is 6.54 Å². The van der Waals surface area contributed by atoms with Crippen molar-refractivity contribution in [3.8, 4) is 11.3 Å². The first kappa shape index (κ1) is 22.6. The molecular formula is C29H26N2O4. The maximum absolute atomic E-state index is 13.1. The molecule has 1 atom stereocenters. The van der Waals surface area contributed by atoms with Gasteiger partial charge in [-0.25, -0.2) is 4.79 Å². The molecule has 0 aliphatic carbocycles. The first-order valence-electron chi connectivity index (χ1n) is 11.6. The number of aromatic carboxylic acids is 1. The second-order valence-corrected chi connectivity index (χ2v) is 8.84. The van der Waals surface area contributed by atoms with Crippen LogP contribution in [0.15, 0.2) is 82.1 Å². The van der Waals surface area contributed by atoms with Crippen LogP contribution in [-0.4, -0.2) is 22.6 Å².